The summed E-state index contributed by atoms with van der Waals surface area (Å²) in [7, 11) is 0. The van der Waals surface area contributed by atoms with Gasteiger partial charge in [0.05, 0.1) is 0 Å². The maximum Gasteiger partial charge on any atom is 0.325 e. The third-order valence-electron chi connectivity index (χ3n) is 3.38. The van der Waals surface area contributed by atoms with Crippen molar-refractivity contribution in [3.05, 3.63) is 0 Å². The summed E-state index contributed by atoms with van der Waals surface area (Å²) in [6.07, 6.45) is 3.37. The number of carbonyl (C=O) groups excluding carboxylic acids is 1. The van der Waals surface area contributed by atoms with E-state index in [9.17, 15) is 9.59 Å². The van der Waals surface area contributed by atoms with Crippen molar-refractivity contribution in [3.8, 4) is 0 Å². The van der Waals surface area contributed by atoms with Gasteiger partial charge in [-0.15, -0.1) is 0 Å². The number of piperidine rings is 1. The minimum absolute atomic E-state index is 0.225. The summed E-state index contributed by atoms with van der Waals surface area (Å²) in [4.78, 5) is 24.1. The van der Waals surface area contributed by atoms with Gasteiger partial charge < -0.3 is 15.3 Å². The molecule has 1 saturated carbocycles. The molecule has 0 aromatic rings. The lowest BCUT2D eigenvalue weighted by Gasteiger charge is -2.27. The average molecular weight is 212 g/mol. The topological polar surface area (TPSA) is 69.6 Å². The highest BCUT2D eigenvalue weighted by atomic mass is 16.4. The summed E-state index contributed by atoms with van der Waals surface area (Å²) < 4.78 is 0. The number of carboxylic acids is 1. The summed E-state index contributed by atoms with van der Waals surface area (Å²) >= 11 is 0. The van der Waals surface area contributed by atoms with E-state index in [1.165, 1.54) is 13.3 Å². The highest BCUT2D eigenvalue weighted by Gasteiger charge is 2.40. The van der Waals surface area contributed by atoms with Crippen molar-refractivity contribution in [2.24, 2.45) is 5.92 Å². The zero-order valence-electron chi connectivity index (χ0n) is 8.77. The lowest BCUT2D eigenvalue weighted by Crippen LogP contribution is -2.49. The maximum atomic E-state index is 11.7. The summed E-state index contributed by atoms with van der Waals surface area (Å²) in [5, 5.41) is 11.2. The van der Waals surface area contributed by atoms with Crippen LogP contribution < -0.4 is 5.32 Å². The number of urea groups is 1. The van der Waals surface area contributed by atoms with Gasteiger partial charge in [0.15, 0.2) is 0 Å². The van der Waals surface area contributed by atoms with Gasteiger partial charge >= 0.3 is 12.0 Å². The molecule has 0 unspecified atom stereocenters. The van der Waals surface area contributed by atoms with Crippen LogP contribution in [0.1, 0.15) is 26.2 Å². The number of hydrogen-bond acceptors (Lipinski definition) is 2. The van der Waals surface area contributed by atoms with Crippen LogP contribution >= 0.6 is 0 Å². The first-order valence-electron chi connectivity index (χ1n) is 5.38. The van der Waals surface area contributed by atoms with E-state index >= 15 is 0 Å². The van der Waals surface area contributed by atoms with E-state index in [-0.39, 0.29) is 6.03 Å². The monoisotopic (exact) mass is 212 g/mol. The van der Waals surface area contributed by atoms with Crippen LogP contribution in [-0.2, 0) is 4.79 Å². The van der Waals surface area contributed by atoms with Gasteiger partial charge in [0, 0.05) is 12.6 Å². The van der Waals surface area contributed by atoms with Crippen molar-refractivity contribution >= 4 is 12.0 Å². The second-order valence-electron chi connectivity index (χ2n) is 4.49. The Bertz CT molecular complexity index is 292. The van der Waals surface area contributed by atoms with E-state index in [2.05, 4.69) is 5.32 Å². The second kappa shape index (κ2) is 3.72. The molecule has 0 spiro atoms. The Balaban J connectivity index is 1.89. The van der Waals surface area contributed by atoms with Gasteiger partial charge in [0.25, 0.3) is 0 Å². The summed E-state index contributed by atoms with van der Waals surface area (Å²) in [5.74, 6) is -0.353. The first-order chi connectivity index (χ1) is 7.08. The van der Waals surface area contributed by atoms with Crippen LogP contribution in [0, 0.1) is 5.92 Å². The number of fused-ring (bicyclic) bond motifs is 2. The average Bonchev–Trinajstić information content (AvgIpc) is 2.78. The number of likely N-dealkylation sites (tertiary alicyclic amines) is 1. The SMILES string of the molecule is C[C@H](NC(=O)N1C[C@H]2CC[C@@H]1C2)C(=O)O. The van der Waals surface area contributed by atoms with E-state index in [0.717, 1.165) is 19.4 Å². The van der Waals surface area contributed by atoms with E-state index in [0.29, 0.717) is 12.0 Å². The van der Waals surface area contributed by atoms with Crippen molar-refractivity contribution in [3.63, 3.8) is 0 Å². The molecule has 0 radical (unpaired) electrons. The third-order valence-corrected chi connectivity index (χ3v) is 3.38. The van der Waals surface area contributed by atoms with E-state index in [1.54, 1.807) is 4.90 Å². The molecule has 0 aromatic heterocycles. The highest BCUT2D eigenvalue weighted by molar-refractivity contribution is 5.82. The summed E-state index contributed by atoms with van der Waals surface area (Å²) in [6, 6.07) is -0.690. The Morgan fingerprint density at radius 1 is 1.47 bits per heavy atom. The molecule has 0 aromatic carbocycles. The van der Waals surface area contributed by atoms with E-state index in [4.69, 9.17) is 5.11 Å². The molecule has 2 N–H and O–H groups in total. The molecule has 2 bridgehead atoms. The fourth-order valence-electron chi connectivity index (χ4n) is 2.50. The smallest absolute Gasteiger partial charge is 0.325 e. The van der Waals surface area contributed by atoms with Crippen LogP contribution in [0.5, 0.6) is 0 Å². The van der Waals surface area contributed by atoms with Gasteiger partial charge in [0.2, 0.25) is 0 Å². The van der Waals surface area contributed by atoms with Gasteiger partial charge in [-0.1, -0.05) is 0 Å². The number of nitrogens with one attached hydrogen (secondary N) is 1. The van der Waals surface area contributed by atoms with E-state index in [1.807, 2.05) is 0 Å². The number of nitrogens with zero attached hydrogens (tertiary/aromatic N) is 1. The normalized spacial score (nSPS) is 30.3. The van der Waals surface area contributed by atoms with Gasteiger partial charge in [-0.25, -0.2) is 4.79 Å². The van der Waals surface area contributed by atoms with Crippen molar-refractivity contribution in [1.82, 2.24) is 10.2 Å². The molecule has 2 fully saturated rings. The van der Waals surface area contributed by atoms with Crippen LogP contribution in [0.15, 0.2) is 0 Å². The van der Waals surface area contributed by atoms with Crippen LogP contribution in [-0.4, -0.2) is 40.6 Å². The molecule has 2 amide bonds. The molecular weight excluding hydrogens is 196 g/mol. The fraction of sp³-hybridized carbons (Fsp3) is 0.800. The summed E-state index contributed by atoms with van der Waals surface area (Å²) in [5.41, 5.74) is 0. The molecule has 3 atom stereocenters. The standard InChI is InChI=1S/C10H16N2O3/c1-6(9(13)14)11-10(15)12-5-7-2-3-8(12)4-7/h6-8H,2-5H2,1H3,(H,11,15)(H,13,14)/t6-,7-,8+/m0/s1. The van der Waals surface area contributed by atoms with Crippen LogP contribution in [0.2, 0.25) is 0 Å². The molecule has 5 nitrogen and oxygen atoms in total. The molecular formula is C10H16N2O3. The van der Waals surface area contributed by atoms with Crippen LogP contribution in [0.3, 0.4) is 0 Å². The fourth-order valence-corrected chi connectivity index (χ4v) is 2.50. The molecule has 2 rings (SSSR count). The Kier molecular flexibility index (Phi) is 2.54. The molecule has 2 aliphatic rings. The second-order valence-corrected chi connectivity index (χ2v) is 4.49. The Morgan fingerprint density at radius 3 is 2.67 bits per heavy atom. The number of hydrogen-bond donors (Lipinski definition) is 2. The van der Waals surface area contributed by atoms with Crippen LogP contribution in [0.4, 0.5) is 4.79 Å². The number of rotatable bonds is 2. The molecule has 1 aliphatic heterocycles. The molecule has 1 saturated heterocycles. The lowest BCUT2D eigenvalue weighted by molar-refractivity contribution is -0.138. The number of carbonyl (C=O) groups is 2. The molecule has 5 heteroatoms. The third kappa shape index (κ3) is 1.91. The highest BCUT2D eigenvalue weighted by Crippen LogP contribution is 2.37. The predicted molar refractivity (Wildman–Crippen MR) is 53.5 cm³/mol. The largest absolute Gasteiger partial charge is 0.480 e. The van der Waals surface area contributed by atoms with Crippen molar-refractivity contribution in [2.45, 2.75) is 38.3 Å². The van der Waals surface area contributed by atoms with Crippen molar-refractivity contribution < 1.29 is 14.7 Å². The van der Waals surface area contributed by atoms with Crippen molar-refractivity contribution in [1.29, 1.82) is 0 Å². The zero-order chi connectivity index (χ0) is 11.0. The maximum absolute atomic E-state index is 11.7. The lowest BCUT2D eigenvalue weighted by atomic mass is 10.1. The molecule has 15 heavy (non-hydrogen) atoms. The first kappa shape index (κ1) is 10.3. The summed E-state index contributed by atoms with van der Waals surface area (Å²) in [6.45, 7) is 2.28. The number of carboxylic acid groups (broad SMARTS) is 1. The number of amides is 2. The molecule has 84 valence electrons. The van der Waals surface area contributed by atoms with E-state index < -0.39 is 12.0 Å². The quantitative estimate of drug-likeness (QED) is 0.706. The molecule has 1 aliphatic carbocycles. The minimum atomic E-state index is -0.993. The van der Waals surface area contributed by atoms with Crippen molar-refractivity contribution in [2.75, 3.05) is 6.54 Å². The van der Waals surface area contributed by atoms with Gasteiger partial charge in [-0.3, -0.25) is 4.79 Å². The first-order valence-corrected chi connectivity index (χ1v) is 5.38. The van der Waals surface area contributed by atoms with Gasteiger partial charge in [-0.05, 0) is 32.1 Å². The Labute approximate surface area is 88.4 Å². The zero-order valence-corrected chi connectivity index (χ0v) is 8.77. The minimum Gasteiger partial charge on any atom is -0.480 e. The molecule has 1 heterocycles. The Hall–Kier alpha value is -1.26. The predicted octanol–water partition coefficient (Wildman–Crippen LogP) is 0.653. The van der Waals surface area contributed by atoms with Crippen LogP contribution in [0.25, 0.3) is 0 Å². The van der Waals surface area contributed by atoms with Gasteiger partial charge in [-0.2, -0.15) is 0 Å². The Morgan fingerprint density at radius 2 is 2.20 bits per heavy atom. The van der Waals surface area contributed by atoms with Gasteiger partial charge in [0.1, 0.15) is 6.04 Å². The number of aliphatic carboxylic acids is 1.